The topological polar surface area (TPSA) is 83.6 Å². The smallest absolute Gasteiger partial charge is 0.264 e. The van der Waals surface area contributed by atoms with Crippen LogP contribution in [0.25, 0.3) is 10.2 Å². The number of nitrogens with one attached hydrogen (secondary N) is 2. The summed E-state index contributed by atoms with van der Waals surface area (Å²) in [6.07, 6.45) is 3.81. The van der Waals surface area contributed by atoms with Gasteiger partial charge in [-0.1, -0.05) is 6.07 Å². The molecule has 1 aliphatic heterocycles. The summed E-state index contributed by atoms with van der Waals surface area (Å²) in [5, 5.41) is 7.38. The maximum Gasteiger partial charge on any atom is 0.264 e. The van der Waals surface area contributed by atoms with E-state index in [1.165, 1.54) is 34.8 Å². The van der Waals surface area contributed by atoms with Gasteiger partial charge in [0, 0.05) is 42.0 Å². The molecule has 2 N–H and O–H groups in total. The Bertz CT molecular complexity index is 1440. The van der Waals surface area contributed by atoms with Crippen molar-refractivity contribution in [3.8, 4) is 11.5 Å². The second kappa shape index (κ2) is 12.0. The van der Waals surface area contributed by atoms with Gasteiger partial charge in [0.05, 0.1) is 21.5 Å². The molecule has 0 unspecified atom stereocenters. The molecule has 1 saturated heterocycles. The predicted molar refractivity (Wildman–Crippen MR) is 151 cm³/mol. The molecule has 2 amide bonds. The number of hydrogen-bond acceptors (Lipinski definition) is 7. The van der Waals surface area contributed by atoms with Gasteiger partial charge in [-0.2, -0.15) is 0 Å². The maximum atomic E-state index is 14.9. The molecule has 7 nitrogen and oxygen atoms in total. The Labute approximate surface area is 232 Å². The Balaban J connectivity index is 0.00000320. The van der Waals surface area contributed by atoms with Crippen LogP contribution in [0.1, 0.15) is 27.4 Å². The van der Waals surface area contributed by atoms with Gasteiger partial charge >= 0.3 is 0 Å². The van der Waals surface area contributed by atoms with Crippen LogP contribution in [0.4, 0.5) is 10.1 Å². The van der Waals surface area contributed by atoms with Crippen LogP contribution in [0.3, 0.4) is 0 Å². The predicted octanol–water partition coefficient (Wildman–Crippen LogP) is 6.00. The van der Waals surface area contributed by atoms with Gasteiger partial charge in [0.1, 0.15) is 5.75 Å². The molecule has 37 heavy (non-hydrogen) atoms. The Morgan fingerprint density at radius 3 is 2.68 bits per heavy atom. The second-order valence-corrected chi connectivity index (χ2v) is 10.6. The van der Waals surface area contributed by atoms with Gasteiger partial charge in [-0.15, -0.1) is 35.1 Å². The van der Waals surface area contributed by atoms with Crippen molar-refractivity contribution in [2.75, 3.05) is 18.4 Å². The average molecular weight is 577 g/mol. The maximum absolute atomic E-state index is 14.9. The van der Waals surface area contributed by atoms with E-state index in [-0.39, 0.29) is 41.5 Å². The van der Waals surface area contributed by atoms with Crippen LogP contribution in [0.2, 0.25) is 0 Å². The van der Waals surface area contributed by atoms with E-state index in [2.05, 4.69) is 15.6 Å². The highest BCUT2D eigenvalue weighted by molar-refractivity contribution is 7.80. The number of pyridine rings is 1. The molecule has 1 aromatic carbocycles. The van der Waals surface area contributed by atoms with Gasteiger partial charge in [-0.25, -0.2) is 4.39 Å². The average Bonchev–Trinajstić information content (AvgIpc) is 3.62. The van der Waals surface area contributed by atoms with Crippen LogP contribution in [-0.4, -0.2) is 39.9 Å². The van der Waals surface area contributed by atoms with Crippen molar-refractivity contribution >= 4 is 80.1 Å². The summed E-state index contributed by atoms with van der Waals surface area (Å²) < 4.78 is 21.4. The number of benzene rings is 1. The standard InChI is InChI=1S/C25H21FN4O3S3.ClH/c26-17-12-15(28-25(34)29-22(31)13-16-4-3-11-35-16)5-6-19(17)33-20-7-8-27-18-14-21(36-23(18)20)24(32)30-9-1-2-10-30;/h3-8,11-12,14H,1-2,9-10,13H2,(H2,28,29,31,34);1H. The molecule has 3 aromatic heterocycles. The number of anilines is 1. The van der Waals surface area contributed by atoms with Gasteiger partial charge in [0.25, 0.3) is 5.91 Å². The molecular weight excluding hydrogens is 555 g/mol. The zero-order chi connectivity index (χ0) is 25.1. The largest absolute Gasteiger partial charge is 0.453 e. The number of hydrogen-bond donors (Lipinski definition) is 2. The Morgan fingerprint density at radius 1 is 1.14 bits per heavy atom. The first kappa shape index (κ1) is 26.9. The minimum atomic E-state index is -0.609. The van der Waals surface area contributed by atoms with E-state index >= 15 is 0 Å². The quantitative estimate of drug-likeness (QED) is 0.274. The number of thiophene rings is 2. The minimum absolute atomic E-state index is 0. The first-order chi connectivity index (χ1) is 17.5. The van der Waals surface area contributed by atoms with E-state index in [1.807, 2.05) is 22.4 Å². The Morgan fingerprint density at radius 2 is 1.95 bits per heavy atom. The fraction of sp³-hybridized carbons (Fsp3) is 0.200. The van der Waals surface area contributed by atoms with E-state index in [4.69, 9.17) is 17.0 Å². The molecule has 0 bridgehead atoms. The van der Waals surface area contributed by atoms with Gasteiger partial charge in [0.2, 0.25) is 5.91 Å². The van der Waals surface area contributed by atoms with E-state index in [9.17, 15) is 14.0 Å². The third kappa shape index (κ3) is 6.42. The van der Waals surface area contributed by atoms with Crippen molar-refractivity contribution in [2.24, 2.45) is 0 Å². The number of carbonyl (C=O) groups is 2. The van der Waals surface area contributed by atoms with Crippen molar-refractivity contribution in [1.29, 1.82) is 0 Å². The first-order valence-electron chi connectivity index (χ1n) is 11.2. The fourth-order valence-electron chi connectivity index (χ4n) is 3.86. The van der Waals surface area contributed by atoms with E-state index < -0.39 is 5.82 Å². The lowest BCUT2D eigenvalue weighted by Crippen LogP contribution is -2.35. The van der Waals surface area contributed by atoms with Crippen LogP contribution in [0, 0.1) is 5.82 Å². The van der Waals surface area contributed by atoms with Crippen molar-refractivity contribution in [3.05, 3.63) is 69.6 Å². The Kier molecular flexibility index (Phi) is 8.70. The monoisotopic (exact) mass is 576 g/mol. The SMILES string of the molecule is Cl.O=C(Cc1cccs1)NC(=S)Nc1ccc(Oc2ccnc3cc(C(=O)N4CCCC4)sc23)c(F)c1. The number of thiocarbonyl (C=S) groups is 1. The summed E-state index contributed by atoms with van der Waals surface area (Å²) in [6, 6.07) is 11.5. The highest BCUT2D eigenvalue weighted by atomic mass is 35.5. The van der Waals surface area contributed by atoms with Gasteiger partial charge < -0.3 is 20.3 Å². The molecule has 0 radical (unpaired) electrons. The third-order valence-corrected chi connectivity index (χ3v) is 7.76. The van der Waals surface area contributed by atoms with Gasteiger partial charge in [-0.05, 0) is 54.7 Å². The summed E-state index contributed by atoms with van der Waals surface area (Å²) in [4.78, 5) is 32.6. The van der Waals surface area contributed by atoms with E-state index in [0.717, 1.165) is 30.8 Å². The molecule has 1 aliphatic rings. The van der Waals surface area contributed by atoms with Gasteiger partial charge in [0.15, 0.2) is 16.7 Å². The van der Waals surface area contributed by atoms with Gasteiger partial charge in [-0.3, -0.25) is 14.6 Å². The summed E-state index contributed by atoms with van der Waals surface area (Å²) in [6.45, 7) is 1.52. The van der Waals surface area contributed by atoms with E-state index in [1.54, 1.807) is 24.4 Å². The number of ether oxygens (including phenoxy) is 1. The molecule has 5 rings (SSSR count). The van der Waals surface area contributed by atoms with Crippen LogP contribution in [-0.2, 0) is 11.2 Å². The number of aromatic nitrogens is 1. The zero-order valence-corrected chi connectivity index (χ0v) is 22.6. The third-order valence-electron chi connectivity index (χ3n) is 5.56. The lowest BCUT2D eigenvalue weighted by Gasteiger charge is -2.13. The summed E-state index contributed by atoms with van der Waals surface area (Å²) >= 11 is 7.95. The molecule has 1 fully saturated rings. The number of fused-ring (bicyclic) bond motifs is 1. The Hall–Kier alpha value is -3.12. The molecule has 4 aromatic rings. The van der Waals surface area contributed by atoms with Crippen LogP contribution in [0.15, 0.2) is 54.0 Å². The summed E-state index contributed by atoms with van der Waals surface area (Å²) in [5.74, 6) is -0.442. The molecule has 0 aliphatic carbocycles. The first-order valence-corrected chi connectivity index (χ1v) is 13.3. The molecule has 0 atom stereocenters. The summed E-state index contributed by atoms with van der Waals surface area (Å²) in [7, 11) is 0. The molecule has 4 heterocycles. The molecule has 0 saturated carbocycles. The molecule has 0 spiro atoms. The minimum Gasteiger partial charge on any atom is -0.453 e. The molecular formula is C25H22ClFN4O3S3. The van der Waals surface area contributed by atoms with Crippen LogP contribution in [0.5, 0.6) is 11.5 Å². The van der Waals surface area contributed by atoms with E-state index in [0.29, 0.717) is 26.5 Å². The molecule has 12 heteroatoms. The number of halogens is 2. The number of likely N-dealkylation sites (tertiary alicyclic amines) is 1. The molecule has 192 valence electrons. The van der Waals surface area contributed by atoms with Crippen molar-refractivity contribution < 1.29 is 18.7 Å². The number of amides is 2. The highest BCUT2D eigenvalue weighted by Crippen LogP contribution is 2.36. The zero-order valence-electron chi connectivity index (χ0n) is 19.4. The normalized spacial score (nSPS) is 12.7. The lowest BCUT2D eigenvalue weighted by molar-refractivity contribution is -0.118. The lowest BCUT2D eigenvalue weighted by atomic mass is 10.3. The van der Waals surface area contributed by atoms with Crippen LogP contribution < -0.4 is 15.4 Å². The van der Waals surface area contributed by atoms with Crippen molar-refractivity contribution in [3.63, 3.8) is 0 Å². The number of carbonyl (C=O) groups excluding carboxylic acids is 2. The summed E-state index contributed by atoms with van der Waals surface area (Å²) in [5.41, 5.74) is 0.998. The van der Waals surface area contributed by atoms with Crippen molar-refractivity contribution in [1.82, 2.24) is 15.2 Å². The fourth-order valence-corrected chi connectivity index (χ4v) is 5.83. The number of rotatable bonds is 6. The van der Waals surface area contributed by atoms with Crippen LogP contribution >= 0.6 is 47.3 Å². The second-order valence-electron chi connectivity index (χ2n) is 8.14. The van der Waals surface area contributed by atoms with Crippen molar-refractivity contribution in [2.45, 2.75) is 19.3 Å². The highest BCUT2D eigenvalue weighted by Gasteiger charge is 2.22. The number of nitrogens with zero attached hydrogens (tertiary/aromatic N) is 2.